The first kappa shape index (κ1) is 13.6. The first-order chi connectivity index (χ1) is 9.06. The predicted molar refractivity (Wildman–Crippen MR) is 67.4 cm³/mol. The Balaban J connectivity index is 2.05. The second-order valence-electron chi connectivity index (χ2n) is 4.87. The summed E-state index contributed by atoms with van der Waals surface area (Å²) in [7, 11) is 0. The Morgan fingerprint density at radius 2 is 2.42 bits per heavy atom. The van der Waals surface area contributed by atoms with Crippen LogP contribution in [0.15, 0.2) is 22.8 Å². The molecule has 1 amide bonds. The fourth-order valence-corrected chi connectivity index (χ4v) is 2.38. The van der Waals surface area contributed by atoms with Gasteiger partial charge in [0.15, 0.2) is 0 Å². The van der Waals surface area contributed by atoms with E-state index in [2.05, 4.69) is 5.32 Å². The van der Waals surface area contributed by atoms with Gasteiger partial charge >= 0.3 is 5.97 Å². The number of furan rings is 1. The highest BCUT2D eigenvalue weighted by atomic mass is 16.4. The number of hydrogen-bond acceptors (Lipinski definition) is 4. The minimum atomic E-state index is -0.885. The molecule has 19 heavy (non-hydrogen) atoms. The molecule has 2 heterocycles. The summed E-state index contributed by atoms with van der Waals surface area (Å²) >= 11 is 0. The van der Waals surface area contributed by atoms with Crippen molar-refractivity contribution in [1.82, 2.24) is 10.2 Å². The summed E-state index contributed by atoms with van der Waals surface area (Å²) in [5, 5.41) is 11.6. The van der Waals surface area contributed by atoms with E-state index in [-0.39, 0.29) is 18.4 Å². The van der Waals surface area contributed by atoms with Gasteiger partial charge in [-0.2, -0.15) is 0 Å². The first-order valence-electron chi connectivity index (χ1n) is 6.35. The Labute approximate surface area is 111 Å². The smallest absolute Gasteiger partial charge is 0.303 e. The quantitative estimate of drug-likeness (QED) is 0.825. The van der Waals surface area contributed by atoms with Gasteiger partial charge in [-0.15, -0.1) is 0 Å². The zero-order chi connectivity index (χ0) is 13.8. The Morgan fingerprint density at radius 1 is 1.63 bits per heavy atom. The molecule has 1 fully saturated rings. The van der Waals surface area contributed by atoms with Gasteiger partial charge in [0, 0.05) is 19.0 Å². The van der Waals surface area contributed by atoms with Gasteiger partial charge in [0.1, 0.15) is 5.76 Å². The molecular weight excluding hydrogens is 248 g/mol. The summed E-state index contributed by atoms with van der Waals surface area (Å²) in [6.45, 7) is 3.15. The molecule has 2 unspecified atom stereocenters. The number of nitrogens with zero attached hydrogens (tertiary/aromatic N) is 1. The van der Waals surface area contributed by atoms with Gasteiger partial charge in [0.25, 0.3) is 0 Å². The predicted octanol–water partition coefficient (Wildman–Crippen LogP) is 0.833. The molecule has 0 radical (unpaired) electrons. The van der Waals surface area contributed by atoms with Gasteiger partial charge in [0.05, 0.1) is 18.8 Å². The number of piperazine rings is 1. The zero-order valence-electron chi connectivity index (χ0n) is 10.8. The number of hydrogen-bond donors (Lipinski definition) is 2. The average Bonchev–Trinajstić information content (AvgIpc) is 2.80. The third-order valence-corrected chi connectivity index (χ3v) is 3.21. The van der Waals surface area contributed by atoms with Crippen molar-refractivity contribution in [3.8, 4) is 0 Å². The molecule has 0 spiro atoms. The molecule has 104 valence electrons. The summed E-state index contributed by atoms with van der Waals surface area (Å²) in [4.78, 5) is 24.6. The molecule has 1 aromatic rings. The maximum atomic E-state index is 12.0. The fraction of sp³-hybridized carbons (Fsp3) is 0.538. The maximum Gasteiger partial charge on any atom is 0.303 e. The normalized spacial score (nSPS) is 24.2. The van der Waals surface area contributed by atoms with Crippen LogP contribution in [0, 0.1) is 0 Å². The molecule has 1 aliphatic rings. The average molecular weight is 266 g/mol. The van der Waals surface area contributed by atoms with Gasteiger partial charge in [-0.25, -0.2) is 0 Å². The number of rotatable bonds is 5. The lowest BCUT2D eigenvalue weighted by Crippen LogP contribution is -2.58. The highest BCUT2D eigenvalue weighted by molar-refractivity contribution is 5.83. The van der Waals surface area contributed by atoms with Crippen molar-refractivity contribution < 1.29 is 19.1 Å². The van der Waals surface area contributed by atoms with E-state index in [1.54, 1.807) is 12.3 Å². The van der Waals surface area contributed by atoms with Gasteiger partial charge in [-0.3, -0.25) is 14.5 Å². The van der Waals surface area contributed by atoms with E-state index in [1.165, 1.54) is 0 Å². The summed E-state index contributed by atoms with van der Waals surface area (Å²) in [5.74, 6) is -0.210. The third kappa shape index (κ3) is 3.57. The molecule has 1 saturated heterocycles. The van der Waals surface area contributed by atoms with Crippen molar-refractivity contribution in [2.75, 3.05) is 6.54 Å². The van der Waals surface area contributed by atoms with Gasteiger partial charge < -0.3 is 14.8 Å². The van der Waals surface area contributed by atoms with Gasteiger partial charge in [-0.05, 0) is 25.5 Å². The molecule has 1 aliphatic heterocycles. The van der Waals surface area contributed by atoms with Crippen LogP contribution in [0.2, 0.25) is 0 Å². The molecule has 0 aliphatic carbocycles. The third-order valence-electron chi connectivity index (χ3n) is 3.21. The molecule has 0 saturated carbocycles. The largest absolute Gasteiger partial charge is 0.481 e. The number of carboxylic acid groups (broad SMARTS) is 1. The molecule has 2 atom stereocenters. The Bertz CT molecular complexity index is 444. The van der Waals surface area contributed by atoms with E-state index < -0.39 is 12.0 Å². The number of carboxylic acids is 1. The Morgan fingerprint density at radius 3 is 3.05 bits per heavy atom. The summed E-state index contributed by atoms with van der Waals surface area (Å²) in [6.07, 6.45) is 1.89. The van der Waals surface area contributed by atoms with Crippen LogP contribution in [0.4, 0.5) is 0 Å². The van der Waals surface area contributed by atoms with Crippen molar-refractivity contribution in [3.63, 3.8) is 0 Å². The molecule has 0 bridgehead atoms. The molecule has 0 aromatic carbocycles. The van der Waals surface area contributed by atoms with Crippen molar-refractivity contribution in [1.29, 1.82) is 0 Å². The van der Waals surface area contributed by atoms with E-state index in [0.717, 1.165) is 5.76 Å². The second kappa shape index (κ2) is 5.88. The van der Waals surface area contributed by atoms with E-state index in [1.807, 2.05) is 17.9 Å². The Kier molecular flexibility index (Phi) is 4.21. The van der Waals surface area contributed by atoms with Crippen LogP contribution in [-0.2, 0) is 16.1 Å². The summed E-state index contributed by atoms with van der Waals surface area (Å²) in [6, 6.07) is 3.31. The standard InChI is InChI=1S/C13H18N2O4/c1-9-7-15(8-10-3-2-6-19-10)11(13(18)14-9)4-5-12(16)17/h2-3,6,9,11H,4-5,7-8H2,1H3,(H,14,18)(H,16,17). The van der Waals surface area contributed by atoms with E-state index in [0.29, 0.717) is 19.5 Å². The lowest BCUT2D eigenvalue weighted by molar-refractivity contribution is -0.138. The second-order valence-corrected chi connectivity index (χ2v) is 4.87. The van der Waals surface area contributed by atoms with Crippen LogP contribution < -0.4 is 5.32 Å². The lowest BCUT2D eigenvalue weighted by Gasteiger charge is -2.37. The fourth-order valence-electron chi connectivity index (χ4n) is 2.38. The van der Waals surface area contributed by atoms with E-state index in [4.69, 9.17) is 9.52 Å². The van der Waals surface area contributed by atoms with Crippen molar-refractivity contribution in [2.45, 2.75) is 38.4 Å². The van der Waals surface area contributed by atoms with Crippen LogP contribution in [0.3, 0.4) is 0 Å². The number of carbonyl (C=O) groups excluding carboxylic acids is 1. The van der Waals surface area contributed by atoms with Gasteiger partial charge in [-0.1, -0.05) is 0 Å². The number of carbonyl (C=O) groups is 2. The van der Waals surface area contributed by atoms with Crippen molar-refractivity contribution in [3.05, 3.63) is 24.2 Å². The molecule has 2 N–H and O–H groups in total. The van der Waals surface area contributed by atoms with Crippen molar-refractivity contribution >= 4 is 11.9 Å². The SMILES string of the molecule is CC1CN(Cc2ccco2)C(CCC(=O)O)C(=O)N1. The van der Waals surface area contributed by atoms with Crippen LogP contribution in [0.1, 0.15) is 25.5 Å². The van der Waals surface area contributed by atoms with Crippen LogP contribution >= 0.6 is 0 Å². The molecule has 6 heteroatoms. The number of amides is 1. The topological polar surface area (TPSA) is 82.8 Å². The van der Waals surface area contributed by atoms with E-state index >= 15 is 0 Å². The summed E-state index contributed by atoms with van der Waals surface area (Å²) in [5.41, 5.74) is 0. The molecule has 1 aromatic heterocycles. The minimum Gasteiger partial charge on any atom is -0.481 e. The van der Waals surface area contributed by atoms with Crippen LogP contribution in [0.25, 0.3) is 0 Å². The van der Waals surface area contributed by atoms with Crippen LogP contribution in [-0.4, -0.2) is 40.5 Å². The maximum absolute atomic E-state index is 12.0. The Hall–Kier alpha value is -1.82. The van der Waals surface area contributed by atoms with Crippen molar-refractivity contribution in [2.24, 2.45) is 0 Å². The number of nitrogens with one attached hydrogen (secondary N) is 1. The number of aliphatic carboxylic acids is 1. The van der Waals surface area contributed by atoms with Crippen LogP contribution in [0.5, 0.6) is 0 Å². The minimum absolute atomic E-state index is 0.0128. The molecule has 6 nitrogen and oxygen atoms in total. The zero-order valence-corrected chi connectivity index (χ0v) is 10.8. The highest BCUT2D eigenvalue weighted by Gasteiger charge is 2.33. The monoisotopic (exact) mass is 266 g/mol. The molecular formula is C13H18N2O4. The van der Waals surface area contributed by atoms with Gasteiger partial charge in [0.2, 0.25) is 5.91 Å². The van der Waals surface area contributed by atoms with E-state index in [9.17, 15) is 9.59 Å². The highest BCUT2D eigenvalue weighted by Crippen LogP contribution is 2.17. The summed E-state index contributed by atoms with van der Waals surface area (Å²) < 4.78 is 5.29. The first-order valence-corrected chi connectivity index (χ1v) is 6.35. The molecule has 2 rings (SSSR count). The lowest BCUT2D eigenvalue weighted by atomic mass is 10.0.